The van der Waals surface area contributed by atoms with Crippen molar-refractivity contribution in [2.75, 3.05) is 0 Å². The van der Waals surface area contributed by atoms with Crippen molar-refractivity contribution in [3.63, 3.8) is 0 Å². The Hall–Kier alpha value is 0.680. The summed E-state index contributed by atoms with van der Waals surface area (Å²) >= 11 is 4.88. The van der Waals surface area contributed by atoms with Gasteiger partial charge in [0.2, 0.25) is 0 Å². The summed E-state index contributed by atoms with van der Waals surface area (Å²) in [7, 11) is 0. The molecule has 0 bridgehead atoms. The van der Waals surface area contributed by atoms with Gasteiger partial charge < -0.3 is 0 Å². The van der Waals surface area contributed by atoms with Crippen LogP contribution >= 0.6 is 45.2 Å². The molecule has 0 N–H and O–H groups in total. The molecular formula is C11H14I2. The summed E-state index contributed by atoms with van der Waals surface area (Å²) in [5.74, 6) is 0. The van der Waals surface area contributed by atoms with Crippen LogP contribution in [-0.4, -0.2) is 0 Å². The predicted octanol–water partition coefficient (Wildman–Crippen LogP) is 4.50. The second-order valence-electron chi connectivity index (χ2n) is 4.31. The first-order valence-electron chi connectivity index (χ1n) is 4.29. The molecule has 0 heterocycles. The Kier molecular flexibility index (Phi) is 3.66. The minimum Gasteiger partial charge on any atom is -0.0579 e. The minimum atomic E-state index is 0.254. The van der Waals surface area contributed by atoms with Crippen molar-refractivity contribution in [2.24, 2.45) is 0 Å². The third-order valence-corrected chi connectivity index (χ3v) is 5.63. The first-order valence-corrected chi connectivity index (χ1v) is 6.45. The second kappa shape index (κ2) is 4.04. The van der Waals surface area contributed by atoms with Gasteiger partial charge in [-0.05, 0) is 68.6 Å². The maximum atomic E-state index is 2.45. The van der Waals surface area contributed by atoms with E-state index in [0.29, 0.717) is 0 Å². The van der Waals surface area contributed by atoms with Gasteiger partial charge in [0.1, 0.15) is 0 Å². The molecule has 0 fully saturated rings. The standard InChI is InChI=1S/C11H14I2/c1-7-5-6-8(11(2,3)4)10(13)9(7)12/h5-6H,1-4H3. The molecule has 72 valence electrons. The average molecular weight is 400 g/mol. The van der Waals surface area contributed by atoms with E-state index in [2.05, 4.69) is 85.0 Å². The number of rotatable bonds is 0. The zero-order chi connectivity index (χ0) is 10.2. The van der Waals surface area contributed by atoms with Crippen LogP contribution in [0.5, 0.6) is 0 Å². The monoisotopic (exact) mass is 400 g/mol. The molecule has 1 aromatic rings. The van der Waals surface area contributed by atoms with E-state index in [1.165, 1.54) is 18.3 Å². The van der Waals surface area contributed by atoms with Crippen molar-refractivity contribution in [3.8, 4) is 0 Å². The third-order valence-electron chi connectivity index (χ3n) is 2.08. The van der Waals surface area contributed by atoms with Gasteiger partial charge in [-0.2, -0.15) is 0 Å². The summed E-state index contributed by atoms with van der Waals surface area (Å²) in [6.45, 7) is 8.94. The van der Waals surface area contributed by atoms with Crippen molar-refractivity contribution in [2.45, 2.75) is 33.1 Å². The summed E-state index contributed by atoms with van der Waals surface area (Å²) in [4.78, 5) is 0. The summed E-state index contributed by atoms with van der Waals surface area (Å²) in [6.07, 6.45) is 0. The minimum absolute atomic E-state index is 0.254. The molecule has 0 unspecified atom stereocenters. The molecule has 0 spiro atoms. The number of halogens is 2. The molecule has 1 aromatic carbocycles. The predicted molar refractivity (Wildman–Crippen MR) is 75.3 cm³/mol. The van der Waals surface area contributed by atoms with Crippen LogP contribution in [0.3, 0.4) is 0 Å². The van der Waals surface area contributed by atoms with E-state index in [9.17, 15) is 0 Å². The fourth-order valence-corrected chi connectivity index (χ4v) is 3.11. The Balaban J connectivity index is 3.35. The lowest BCUT2D eigenvalue weighted by atomic mass is 9.87. The zero-order valence-corrected chi connectivity index (χ0v) is 12.7. The lowest BCUT2D eigenvalue weighted by Gasteiger charge is -2.22. The van der Waals surface area contributed by atoms with Crippen molar-refractivity contribution in [1.29, 1.82) is 0 Å². The van der Waals surface area contributed by atoms with Gasteiger partial charge in [0.25, 0.3) is 0 Å². The fraction of sp³-hybridized carbons (Fsp3) is 0.455. The largest absolute Gasteiger partial charge is 0.0579 e. The molecule has 0 saturated carbocycles. The van der Waals surface area contributed by atoms with Crippen molar-refractivity contribution >= 4 is 45.2 Å². The van der Waals surface area contributed by atoms with Crippen molar-refractivity contribution < 1.29 is 0 Å². The molecule has 0 aliphatic rings. The molecule has 1 rings (SSSR count). The topological polar surface area (TPSA) is 0 Å². The maximum absolute atomic E-state index is 2.45. The van der Waals surface area contributed by atoms with Gasteiger partial charge in [0, 0.05) is 7.14 Å². The molecule has 0 nitrogen and oxygen atoms in total. The van der Waals surface area contributed by atoms with Gasteiger partial charge in [0.05, 0.1) is 0 Å². The Morgan fingerprint density at radius 2 is 1.54 bits per heavy atom. The van der Waals surface area contributed by atoms with Crippen LogP contribution in [0.4, 0.5) is 0 Å². The Morgan fingerprint density at radius 3 is 2.00 bits per heavy atom. The highest BCUT2D eigenvalue weighted by atomic mass is 127. The summed E-state index contributed by atoms with van der Waals surface area (Å²) in [5.41, 5.74) is 3.07. The van der Waals surface area contributed by atoms with E-state index in [1.807, 2.05) is 0 Å². The Morgan fingerprint density at radius 1 is 1.00 bits per heavy atom. The van der Waals surface area contributed by atoms with E-state index < -0.39 is 0 Å². The van der Waals surface area contributed by atoms with Crippen LogP contribution in [0.2, 0.25) is 0 Å². The van der Waals surface area contributed by atoms with E-state index in [0.717, 1.165) is 0 Å². The summed E-state index contributed by atoms with van der Waals surface area (Å²) < 4.78 is 2.80. The van der Waals surface area contributed by atoms with Gasteiger partial charge in [-0.3, -0.25) is 0 Å². The van der Waals surface area contributed by atoms with Crippen LogP contribution in [0, 0.1) is 14.1 Å². The maximum Gasteiger partial charge on any atom is 0.0303 e. The molecule has 0 aliphatic carbocycles. The summed E-state index contributed by atoms with van der Waals surface area (Å²) in [6, 6.07) is 4.46. The molecule has 2 heteroatoms. The van der Waals surface area contributed by atoms with Gasteiger partial charge in [0.15, 0.2) is 0 Å². The van der Waals surface area contributed by atoms with Crippen molar-refractivity contribution in [3.05, 3.63) is 30.4 Å². The number of aryl methyl sites for hydroxylation is 1. The van der Waals surface area contributed by atoms with Crippen LogP contribution in [0.15, 0.2) is 12.1 Å². The number of benzene rings is 1. The quantitative estimate of drug-likeness (QED) is 0.563. The molecule has 0 saturated heterocycles. The number of hydrogen-bond donors (Lipinski definition) is 0. The van der Waals surface area contributed by atoms with Gasteiger partial charge in [-0.15, -0.1) is 0 Å². The lowest BCUT2D eigenvalue weighted by molar-refractivity contribution is 0.586. The molecule has 13 heavy (non-hydrogen) atoms. The van der Waals surface area contributed by atoms with E-state index in [1.54, 1.807) is 0 Å². The fourth-order valence-electron chi connectivity index (χ4n) is 1.23. The van der Waals surface area contributed by atoms with Crippen LogP contribution < -0.4 is 0 Å². The highest BCUT2D eigenvalue weighted by molar-refractivity contribution is 14.1. The highest BCUT2D eigenvalue weighted by Gasteiger charge is 2.18. The molecule has 0 aromatic heterocycles. The van der Waals surface area contributed by atoms with E-state index in [-0.39, 0.29) is 5.41 Å². The van der Waals surface area contributed by atoms with Crippen molar-refractivity contribution in [1.82, 2.24) is 0 Å². The van der Waals surface area contributed by atoms with Crippen LogP contribution in [0.1, 0.15) is 31.9 Å². The smallest absolute Gasteiger partial charge is 0.0303 e. The van der Waals surface area contributed by atoms with Crippen LogP contribution in [-0.2, 0) is 5.41 Å². The lowest BCUT2D eigenvalue weighted by Crippen LogP contribution is -2.14. The highest BCUT2D eigenvalue weighted by Crippen LogP contribution is 2.31. The molecule has 0 amide bonds. The number of hydrogen-bond acceptors (Lipinski definition) is 0. The molecule has 0 aliphatic heterocycles. The van der Waals surface area contributed by atoms with Crippen LogP contribution in [0.25, 0.3) is 0 Å². The zero-order valence-electron chi connectivity index (χ0n) is 8.41. The first-order chi connectivity index (χ1) is 5.84. The Labute approximate surface area is 108 Å². The molecule has 0 radical (unpaired) electrons. The van der Waals surface area contributed by atoms with E-state index >= 15 is 0 Å². The van der Waals surface area contributed by atoms with Gasteiger partial charge in [-0.25, -0.2) is 0 Å². The third kappa shape index (κ3) is 2.58. The Bertz CT molecular complexity index is 322. The first kappa shape index (κ1) is 11.8. The van der Waals surface area contributed by atoms with E-state index in [4.69, 9.17) is 0 Å². The van der Waals surface area contributed by atoms with Gasteiger partial charge >= 0.3 is 0 Å². The summed E-state index contributed by atoms with van der Waals surface area (Å²) in [5, 5.41) is 0. The molecule has 0 atom stereocenters. The van der Waals surface area contributed by atoms with Gasteiger partial charge in [-0.1, -0.05) is 32.9 Å². The second-order valence-corrected chi connectivity index (χ2v) is 6.47. The average Bonchev–Trinajstić information content (AvgIpc) is 1.98. The normalized spacial score (nSPS) is 11.8. The SMILES string of the molecule is Cc1ccc(C(C)(C)C)c(I)c1I. The molecular weight excluding hydrogens is 386 g/mol.